The molecule has 0 atom stereocenters. The minimum atomic E-state index is 0.0529. The first kappa shape index (κ1) is 20.8. The van der Waals surface area contributed by atoms with Gasteiger partial charge in [-0.15, -0.1) is 0 Å². The van der Waals surface area contributed by atoms with E-state index in [0.29, 0.717) is 11.9 Å². The van der Waals surface area contributed by atoms with Crippen LogP contribution in [0.3, 0.4) is 0 Å². The summed E-state index contributed by atoms with van der Waals surface area (Å²) in [6, 6.07) is 17.9. The third kappa shape index (κ3) is 5.39. The fourth-order valence-corrected chi connectivity index (χ4v) is 4.44. The topological polar surface area (TPSA) is 47.4 Å². The molecule has 6 heteroatoms. The minimum Gasteiger partial charge on any atom is -0.379 e. The van der Waals surface area contributed by atoms with Crippen molar-refractivity contribution in [2.24, 2.45) is 0 Å². The first-order valence-corrected chi connectivity index (χ1v) is 11.4. The third-order valence-corrected chi connectivity index (χ3v) is 6.13. The molecule has 1 saturated heterocycles. The Labute approximate surface area is 181 Å². The Bertz CT molecular complexity index is 1040. The van der Waals surface area contributed by atoms with Crippen LogP contribution in [0.25, 0.3) is 17.0 Å². The Kier molecular flexibility index (Phi) is 7.34. The van der Waals surface area contributed by atoms with Gasteiger partial charge < -0.3 is 4.74 Å². The summed E-state index contributed by atoms with van der Waals surface area (Å²) in [5, 5.41) is 1.48. The van der Waals surface area contributed by atoms with Gasteiger partial charge in [0.25, 0.3) is 5.56 Å². The molecule has 0 spiro atoms. The van der Waals surface area contributed by atoms with Crippen molar-refractivity contribution < 1.29 is 4.74 Å². The lowest BCUT2D eigenvalue weighted by Crippen LogP contribution is -2.37. The van der Waals surface area contributed by atoms with E-state index >= 15 is 0 Å². The van der Waals surface area contributed by atoms with Crippen LogP contribution in [0.5, 0.6) is 0 Å². The zero-order valence-corrected chi connectivity index (χ0v) is 17.9. The second-order valence-corrected chi connectivity index (χ2v) is 8.29. The van der Waals surface area contributed by atoms with Crippen molar-refractivity contribution in [1.82, 2.24) is 14.5 Å². The highest BCUT2D eigenvalue weighted by molar-refractivity contribution is 7.99. The minimum absolute atomic E-state index is 0.0529. The fraction of sp³-hybridized carbons (Fsp3) is 0.333. The van der Waals surface area contributed by atoms with Crippen LogP contribution in [0.15, 0.2) is 70.6 Å². The van der Waals surface area contributed by atoms with Crippen molar-refractivity contribution in [2.45, 2.75) is 18.1 Å². The van der Waals surface area contributed by atoms with Gasteiger partial charge >= 0.3 is 0 Å². The summed E-state index contributed by atoms with van der Waals surface area (Å²) in [5.74, 6) is 0.767. The zero-order valence-electron chi connectivity index (χ0n) is 17.1. The maximum absolute atomic E-state index is 13.1. The number of nitrogens with zero attached hydrogens (tertiary/aromatic N) is 3. The van der Waals surface area contributed by atoms with E-state index in [1.54, 1.807) is 11.8 Å². The molecule has 0 radical (unpaired) electrons. The summed E-state index contributed by atoms with van der Waals surface area (Å²) < 4.78 is 7.27. The van der Waals surface area contributed by atoms with Gasteiger partial charge in [-0.2, -0.15) is 0 Å². The molecule has 2 aromatic carbocycles. The SMILES string of the molecule is O=c1c2ccccc2nc(SC/C=C/c2ccccc2)n1CCCN1CCOCC1. The number of hydrogen-bond acceptors (Lipinski definition) is 5. The van der Waals surface area contributed by atoms with Gasteiger partial charge in [0.2, 0.25) is 0 Å². The van der Waals surface area contributed by atoms with Gasteiger partial charge in [0.05, 0.1) is 24.1 Å². The van der Waals surface area contributed by atoms with Crippen LogP contribution in [0.2, 0.25) is 0 Å². The van der Waals surface area contributed by atoms with Gasteiger partial charge in [-0.1, -0.05) is 66.4 Å². The Hall–Kier alpha value is -2.41. The summed E-state index contributed by atoms with van der Waals surface area (Å²) in [6.07, 6.45) is 5.15. The number of aromatic nitrogens is 2. The molecule has 1 aliphatic rings. The second kappa shape index (κ2) is 10.6. The molecular weight excluding hydrogens is 394 g/mol. The van der Waals surface area contributed by atoms with Crippen molar-refractivity contribution in [3.63, 3.8) is 0 Å². The first-order chi connectivity index (χ1) is 14.8. The number of thioether (sulfide) groups is 1. The number of ether oxygens (including phenoxy) is 1. The summed E-state index contributed by atoms with van der Waals surface area (Å²) in [5.41, 5.74) is 1.99. The van der Waals surface area contributed by atoms with Gasteiger partial charge in [0.1, 0.15) is 0 Å². The molecule has 0 N–H and O–H groups in total. The van der Waals surface area contributed by atoms with Gasteiger partial charge in [-0.3, -0.25) is 14.3 Å². The number of morpholine rings is 1. The Balaban J connectivity index is 1.48. The molecule has 0 bridgehead atoms. The first-order valence-electron chi connectivity index (χ1n) is 10.5. The van der Waals surface area contributed by atoms with Crippen LogP contribution in [0, 0.1) is 0 Å². The van der Waals surface area contributed by atoms with Gasteiger partial charge in [0.15, 0.2) is 5.16 Å². The number of fused-ring (bicyclic) bond motifs is 1. The normalized spacial score (nSPS) is 15.2. The Morgan fingerprint density at radius 1 is 1.00 bits per heavy atom. The van der Waals surface area contributed by atoms with E-state index < -0.39 is 0 Å². The molecular formula is C24H27N3O2S. The Morgan fingerprint density at radius 2 is 1.77 bits per heavy atom. The van der Waals surface area contributed by atoms with E-state index in [4.69, 9.17) is 9.72 Å². The number of benzene rings is 2. The fourth-order valence-electron chi connectivity index (χ4n) is 3.60. The molecule has 0 saturated carbocycles. The molecule has 1 fully saturated rings. The zero-order chi connectivity index (χ0) is 20.6. The predicted octanol–water partition coefficient (Wildman–Crippen LogP) is 3.92. The van der Waals surface area contributed by atoms with Crippen LogP contribution >= 0.6 is 11.8 Å². The van der Waals surface area contributed by atoms with Gasteiger partial charge in [-0.05, 0) is 24.1 Å². The van der Waals surface area contributed by atoms with Gasteiger partial charge in [0, 0.05) is 31.9 Å². The van der Waals surface area contributed by atoms with Crippen molar-refractivity contribution in [3.05, 3.63) is 76.6 Å². The third-order valence-electron chi connectivity index (χ3n) is 5.20. The van der Waals surface area contributed by atoms with Crippen molar-refractivity contribution >= 4 is 28.7 Å². The molecule has 156 valence electrons. The molecule has 0 aliphatic carbocycles. The molecule has 4 rings (SSSR count). The summed E-state index contributed by atoms with van der Waals surface area (Å²) in [4.78, 5) is 20.3. The van der Waals surface area contributed by atoms with E-state index in [-0.39, 0.29) is 5.56 Å². The van der Waals surface area contributed by atoms with E-state index in [2.05, 4.69) is 29.2 Å². The second-order valence-electron chi connectivity index (χ2n) is 7.30. The standard InChI is InChI=1S/C24H27N3O2S/c28-23-21-11-4-5-12-22(21)25-24(30-19-6-10-20-8-2-1-3-9-20)27(23)14-7-13-26-15-17-29-18-16-26/h1-6,8-12H,7,13-19H2/b10-6+. The number of para-hydroxylation sites is 1. The summed E-state index contributed by atoms with van der Waals surface area (Å²) in [7, 11) is 0. The predicted molar refractivity (Wildman–Crippen MR) is 124 cm³/mol. The van der Waals surface area contributed by atoms with Gasteiger partial charge in [-0.25, -0.2) is 4.98 Å². The molecule has 0 amide bonds. The highest BCUT2D eigenvalue weighted by Gasteiger charge is 2.13. The summed E-state index contributed by atoms with van der Waals surface area (Å²) >= 11 is 1.61. The van der Waals surface area contributed by atoms with E-state index in [1.807, 2.05) is 47.0 Å². The quantitative estimate of drug-likeness (QED) is 0.407. The number of rotatable bonds is 8. The molecule has 1 aromatic heterocycles. The van der Waals surface area contributed by atoms with E-state index in [1.165, 1.54) is 5.56 Å². The molecule has 2 heterocycles. The van der Waals surface area contributed by atoms with Crippen molar-refractivity contribution in [2.75, 3.05) is 38.6 Å². The lowest BCUT2D eigenvalue weighted by Gasteiger charge is -2.26. The van der Waals surface area contributed by atoms with Crippen LogP contribution in [-0.4, -0.2) is 53.1 Å². The van der Waals surface area contributed by atoms with Crippen LogP contribution < -0.4 is 5.56 Å². The largest absolute Gasteiger partial charge is 0.379 e. The maximum atomic E-state index is 13.1. The lowest BCUT2D eigenvalue weighted by molar-refractivity contribution is 0.0368. The lowest BCUT2D eigenvalue weighted by atomic mass is 10.2. The highest BCUT2D eigenvalue weighted by atomic mass is 32.2. The summed E-state index contributed by atoms with van der Waals surface area (Å²) in [6.45, 7) is 5.19. The average molecular weight is 422 g/mol. The molecule has 5 nitrogen and oxygen atoms in total. The number of hydrogen-bond donors (Lipinski definition) is 0. The maximum Gasteiger partial charge on any atom is 0.262 e. The Morgan fingerprint density at radius 3 is 2.60 bits per heavy atom. The van der Waals surface area contributed by atoms with E-state index in [0.717, 1.165) is 55.7 Å². The average Bonchev–Trinajstić information content (AvgIpc) is 2.80. The van der Waals surface area contributed by atoms with Crippen LogP contribution in [0.4, 0.5) is 0 Å². The molecule has 0 unspecified atom stereocenters. The molecule has 3 aromatic rings. The van der Waals surface area contributed by atoms with E-state index in [9.17, 15) is 4.79 Å². The van der Waals surface area contributed by atoms with Crippen molar-refractivity contribution in [1.29, 1.82) is 0 Å². The monoisotopic (exact) mass is 421 g/mol. The highest BCUT2D eigenvalue weighted by Crippen LogP contribution is 2.19. The van der Waals surface area contributed by atoms with Crippen LogP contribution in [0.1, 0.15) is 12.0 Å². The smallest absolute Gasteiger partial charge is 0.262 e. The van der Waals surface area contributed by atoms with Crippen molar-refractivity contribution in [3.8, 4) is 0 Å². The van der Waals surface area contributed by atoms with Crippen LogP contribution in [-0.2, 0) is 11.3 Å². The molecule has 1 aliphatic heterocycles. The molecule has 30 heavy (non-hydrogen) atoms.